The quantitative estimate of drug-likeness (QED) is 0.890. The van der Waals surface area contributed by atoms with Crippen LogP contribution in [0.4, 0.5) is 0 Å². The van der Waals surface area contributed by atoms with E-state index in [0.717, 1.165) is 18.7 Å². The maximum atomic E-state index is 12.4. The molecule has 0 bridgehead atoms. The van der Waals surface area contributed by atoms with E-state index in [1.54, 1.807) is 0 Å². The predicted molar refractivity (Wildman–Crippen MR) is 86.0 cm³/mol. The van der Waals surface area contributed by atoms with Gasteiger partial charge in [-0.1, -0.05) is 30.3 Å². The molecule has 1 heterocycles. The third kappa shape index (κ3) is 4.83. The topological polar surface area (TPSA) is 49.6 Å². The minimum atomic E-state index is -0.446. The Morgan fingerprint density at radius 1 is 1.43 bits per heavy atom. The van der Waals surface area contributed by atoms with Crippen molar-refractivity contribution in [2.75, 3.05) is 33.7 Å². The number of carbonyl (C=O) groups excluding carboxylic acids is 1. The molecule has 1 aliphatic heterocycles. The molecule has 1 aromatic rings. The van der Waals surface area contributed by atoms with E-state index in [2.05, 4.69) is 11.9 Å². The Hall–Kier alpha value is -1.39. The number of hydrogen-bond acceptors (Lipinski definition) is 3. The number of rotatable bonds is 5. The van der Waals surface area contributed by atoms with E-state index in [1.807, 2.05) is 42.3 Å². The van der Waals surface area contributed by atoms with Crippen molar-refractivity contribution in [1.29, 1.82) is 0 Å². The summed E-state index contributed by atoms with van der Waals surface area (Å²) in [5.74, 6) is 0.619. The molecule has 0 radical (unpaired) electrons. The van der Waals surface area contributed by atoms with Gasteiger partial charge in [-0.2, -0.15) is 0 Å². The van der Waals surface area contributed by atoms with Crippen LogP contribution >= 0.6 is 0 Å². The Morgan fingerprint density at radius 3 is 2.81 bits per heavy atom. The number of hydrogen-bond donors (Lipinski definition) is 1. The lowest BCUT2D eigenvalue weighted by Crippen LogP contribution is -2.46. The fourth-order valence-corrected chi connectivity index (χ4v) is 3.14. The molecule has 1 amide bonds. The average molecular weight is 289 g/mol. The SMILES string of the molecule is CN1CCCC(CN(C)C(=O)C(N)Cc2ccccc2)C1. The maximum absolute atomic E-state index is 12.4. The Labute approximate surface area is 127 Å². The molecule has 0 spiro atoms. The summed E-state index contributed by atoms with van der Waals surface area (Å²) in [7, 11) is 4.02. The molecule has 2 unspecified atom stereocenters. The molecule has 116 valence electrons. The van der Waals surface area contributed by atoms with Crippen LogP contribution in [0.2, 0.25) is 0 Å². The molecule has 2 rings (SSSR count). The maximum Gasteiger partial charge on any atom is 0.239 e. The Bertz CT molecular complexity index is 449. The van der Waals surface area contributed by atoms with Crippen LogP contribution in [-0.4, -0.2) is 55.5 Å². The number of likely N-dealkylation sites (N-methyl/N-ethyl adjacent to an activating group) is 1. The monoisotopic (exact) mass is 289 g/mol. The van der Waals surface area contributed by atoms with Crippen molar-refractivity contribution in [2.24, 2.45) is 11.7 Å². The molecule has 1 fully saturated rings. The number of likely N-dealkylation sites (tertiary alicyclic amines) is 1. The Balaban J connectivity index is 1.83. The molecule has 2 N–H and O–H groups in total. The first-order chi connectivity index (χ1) is 10.1. The van der Waals surface area contributed by atoms with Gasteiger partial charge in [-0.15, -0.1) is 0 Å². The van der Waals surface area contributed by atoms with Gasteiger partial charge < -0.3 is 15.5 Å². The first-order valence-corrected chi connectivity index (χ1v) is 7.79. The van der Waals surface area contributed by atoms with Gasteiger partial charge in [-0.25, -0.2) is 0 Å². The number of carbonyl (C=O) groups is 1. The highest BCUT2D eigenvalue weighted by molar-refractivity contribution is 5.81. The van der Waals surface area contributed by atoms with Gasteiger partial charge in [0.15, 0.2) is 0 Å². The van der Waals surface area contributed by atoms with Crippen LogP contribution in [-0.2, 0) is 11.2 Å². The van der Waals surface area contributed by atoms with E-state index < -0.39 is 6.04 Å². The molecule has 1 saturated heterocycles. The van der Waals surface area contributed by atoms with E-state index in [4.69, 9.17) is 5.73 Å². The fraction of sp³-hybridized carbons (Fsp3) is 0.588. The standard InChI is InChI=1S/C17H27N3O/c1-19-10-6-9-15(12-19)13-20(2)17(21)16(18)11-14-7-4-3-5-8-14/h3-5,7-8,15-16H,6,9-13,18H2,1-2H3. The zero-order valence-electron chi connectivity index (χ0n) is 13.2. The molecule has 4 heteroatoms. The van der Waals surface area contributed by atoms with Gasteiger partial charge in [0.25, 0.3) is 0 Å². The van der Waals surface area contributed by atoms with Crippen LogP contribution in [0.25, 0.3) is 0 Å². The average Bonchev–Trinajstić information content (AvgIpc) is 2.47. The molecule has 21 heavy (non-hydrogen) atoms. The zero-order valence-corrected chi connectivity index (χ0v) is 13.2. The van der Waals surface area contributed by atoms with Gasteiger partial charge in [0.2, 0.25) is 5.91 Å². The van der Waals surface area contributed by atoms with Gasteiger partial charge in [0.1, 0.15) is 0 Å². The lowest BCUT2D eigenvalue weighted by molar-refractivity contribution is -0.132. The van der Waals surface area contributed by atoms with Crippen LogP contribution in [0, 0.1) is 5.92 Å². The summed E-state index contributed by atoms with van der Waals surface area (Å²) in [6, 6.07) is 9.52. The lowest BCUT2D eigenvalue weighted by atomic mass is 9.97. The summed E-state index contributed by atoms with van der Waals surface area (Å²) in [5.41, 5.74) is 7.20. The van der Waals surface area contributed by atoms with E-state index in [1.165, 1.54) is 19.4 Å². The highest BCUT2D eigenvalue weighted by Crippen LogP contribution is 2.16. The number of nitrogens with two attached hydrogens (primary N) is 1. The molecule has 4 nitrogen and oxygen atoms in total. The number of nitrogens with zero attached hydrogens (tertiary/aromatic N) is 2. The minimum absolute atomic E-state index is 0.0482. The Kier molecular flexibility index (Phi) is 5.76. The second-order valence-electron chi connectivity index (χ2n) is 6.29. The van der Waals surface area contributed by atoms with Crippen molar-refractivity contribution >= 4 is 5.91 Å². The molecular formula is C17H27N3O. The van der Waals surface area contributed by atoms with Crippen molar-refractivity contribution in [3.63, 3.8) is 0 Å². The molecule has 0 aromatic heterocycles. The summed E-state index contributed by atoms with van der Waals surface area (Å²) in [5, 5.41) is 0. The first kappa shape index (κ1) is 16.0. The fourth-order valence-electron chi connectivity index (χ4n) is 3.14. The predicted octanol–water partition coefficient (Wildman–Crippen LogP) is 1.36. The van der Waals surface area contributed by atoms with Crippen LogP contribution < -0.4 is 5.73 Å². The van der Waals surface area contributed by atoms with Gasteiger partial charge in [0, 0.05) is 20.1 Å². The van der Waals surface area contributed by atoms with Crippen LogP contribution in [0.1, 0.15) is 18.4 Å². The third-order valence-electron chi connectivity index (χ3n) is 4.25. The van der Waals surface area contributed by atoms with Gasteiger partial charge in [-0.3, -0.25) is 4.79 Å². The largest absolute Gasteiger partial charge is 0.344 e. The summed E-state index contributed by atoms with van der Waals surface area (Å²) in [6.07, 6.45) is 3.03. The molecular weight excluding hydrogens is 262 g/mol. The van der Waals surface area contributed by atoms with E-state index >= 15 is 0 Å². The molecule has 0 saturated carbocycles. The normalized spacial score (nSPS) is 21.0. The molecule has 1 aromatic carbocycles. The van der Waals surface area contributed by atoms with Crippen molar-refractivity contribution in [2.45, 2.75) is 25.3 Å². The number of piperidine rings is 1. The molecule has 1 aliphatic rings. The van der Waals surface area contributed by atoms with Crippen LogP contribution in [0.5, 0.6) is 0 Å². The third-order valence-corrected chi connectivity index (χ3v) is 4.25. The highest BCUT2D eigenvalue weighted by Gasteiger charge is 2.23. The van der Waals surface area contributed by atoms with Crippen molar-refractivity contribution in [3.05, 3.63) is 35.9 Å². The molecule has 2 atom stereocenters. The van der Waals surface area contributed by atoms with Gasteiger partial charge in [-0.05, 0) is 44.3 Å². The first-order valence-electron chi connectivity index (χ1n) is 7.79. The summed E-state index contributed by atoms with van der Waals surface area (Å²) in [4.78, 5) is 16.6. The van der Waals surface area contributed by atoms with Crippen molar-refractivity contribution in [1.82, 2.24) is 9.80 Å². The van der Waals surface area contributed by atoms with Crippen molar-refractivity contribution < 1.29 is 4.79 Å². The second kappa shape index (κ2) is 7.57. The van der Waals surface area contributed by atoms with E-state index in [-0.39, 0.29) is 5.91 Å². The van der Waals surface area contributed by atoms with Gasteiger partial charge >= 0.3 is 0 Å². The second-order valence-corrected chi connectivity index (χ2v) is 6.29. The lowest BCUT2D eigenvalue weighted by Gasteiger charge is -2.33. The minimum Gasteiger partial charge on any atom is -0.344 e. The number of benzene rings is 1. The Morgan fingerprint density at radius 2 is 2.14 bits per heavy atom. The van der Waals surface area contributed by atoms with E-state index in [0.29, 0.717) is 12.3 Å². The zero-order chi connectivity index (χ0) is 15.2. The van der Waals surface area contributed by atoms with Gasteiger partial charge in [0.05, 0.1) is 6.04 Å². The summed E-state index contributed by atoms with van der Waals surface area (Å²) in [6.45, 7) is 3.05. The van der Waals surface area contributed by atoms with E-state index in [9.17, 15) is 4.79 Å². The summed E-state index contributed by atoms with van der Waals surface area (Å²) >= 11 is 0. The smallest absolute Gasteiger partial charge is 0.239 e. The highest BCUT2D eigenvalue weighted by atomic mass is 16.2. The molecule has 0 aliphatic carbocycles. The van der Waals surface area contributed by atoms with Crippen LogP contribution in [0.15, 0.2) is 30.3 Å². The van der Waals surface area contributed by atoms with Crippen LogP contribution in [0.3, 0.4) is 0 Å². The summed E-state index contributed by atoms with van der Waals surface area (Å²) < 4.78 is 0. The number of amides is 1. The van der Waals surface area contributed by atoms with Crippen molar-refractivity contribution in [3.8, 4) is 0 Å².